The van der Waals surface area contributed by atoms with Crippen LogP contribution in [0.3, 0.4) is 0 Å². The number of aliphatic carboxylic acids is 1. The summed E-state index contributed by atoms with van der Waals surface area (Å²) < 4.78 is 0.937. The van der Waals surface area contributed by atoms with E-state index in [1.165, 1.54) is 0 Å². The Balaban J connectivity index is 2.13. The van der Waals surface area contributed by atoms with Crippen LogP contribution in [-0.2, 0) is 9.59 Å². The van der Waals surface area contributed by atoms with Crippen molar-refractivity contribution in [3.05, 3.63) is 27.8 Å². The summed E-state index contributed by atoms with van der Waals surface area (Å²) in [5, 5.41) is 14.1. The Bertz CT molecular complexity index is 563. The van der Waals surface area contributed by atoms with Crippen molar-refractivity contribution in [2.45, 2.75) is 6.04 Å². The van der Waals surface area contributed by atoms with E-state index < -0.39 is 18.0 Å². The van der Waals surface area contributed by atoms with Crippen LogP contribution in [0.5, 0.6) is 0 Å². The maximum atomic E-state index is 12.1. The van der Waals surface area contributed by atoms with E-state index >= 15 is 0 Å². The van der Waals surface area contributed by atoms with Gasteiger partial charge in [0.05, 0.1) is 0 Å². The maximum Gasteiger partial charge on any atom is 0.328 e. The van der Waals surface area contributed by atoms with Crippen LogP contribution < -0.4 is 10.6 Å². The average molecular weight is 389 g/mol. The number of nitrogens with zero attached hydrogens (tertiary/aromatic N) is 1. The zero-order chi connectivity index (χ0) is 14.7. The molecule has 8 heteroatoms. The number of rotatable bonds is 2. The highest BCUT2D eigenvalue weighted by atomic mass is 127. The Labute approximate surface area is 128 Å². The largest absolute Gasteiger partial charge is 0.480 e. The first-order valence-corrected chi connectivity index (χ1v) is 6.88. The maximum absolute atomic E-state index is 12.1. The van der Waals surface area contributed by atoms with Crippen molar-refractivity contribution in [3.63, 3.8) is 0 Å². The van der Waals surface area contributed by atoms with Crippen LogP contribution in [0.15, 0.2) is 24.3 Å². The first-order valence-electron chi connectivity index (χ1n) is 5.80. The molecule has 106 valence electrons. The molecule has 1 aromatic carbocycles. The van der Waals surface area contributed by atoms with Crippen LogP contribution >= 0.6 is 22.6 Å². The number of hydrogen-bond donors (Lipinski definition) is 3. The van der Waals surface area contributed by atoms with E-state index in [0.29, 0.717) is 5.69 Å². The molecule has 1 atom stereocenters. The second kappa shape index (κ2) is 6.07. The zero-order valence-corrected chi connectivity index (χ0v) is 12.5. The lowest BCUT2D eigenvalue weighted by Gasteiger charge is -2.32. The van der Waals surface area contributed by atoms with Crippen molar-refractivity contribution in [3.8, 4) is 0 Å². The summed E-state index contributed by atoms with van der Waals surface area (Å²) in [5.74, 6) is -1.52. The van der Waals surface area contributed by atoms with Gasteiger partial charge in [-0.3, -0.25) is 9.69 Å². The Hall–Kier alpha value is -1.84. The summed E-state index contributed by atoms with van der Waals surface area (Å²) in [6.45, 7) is -0.360. The zero-order valence-electron chi connectivity index (χ0n) is 10.3. The normalized spacial score (nSPS) is 18.4. The van der Waals surface area contributed by atoms with E-state index in [2.05, 4.69) is 33.2 Å². The molecule has 1 heterocycles. The van der Waals surface area contributed by atoms with Crippen LogP contribution in [0.4, 0.5) is 10.5 Å². The quantitative estimate of drug-likeness (QED) is 0.649. The molecule has 0 radical (unpaired) electrons. The predicted octanol–water partition coefficient (Wildman–Crippen LogP) is 0.708. The first kappa shape index (κ1) is 14.6. The molecule has 1 aromatic rings. The highest BCUT2D eigenvalue weighted by molar-refractivity contribution is 14.1. The number of anilines is 1. The van der Waals surface area contributed by atoms with Crippen molar-refractivity contribution < 1.29 is 19.5 Å². The molecule has 0 bridgehead atoms. The molecule has 1 fully saturated rings. The SMILES string of the molecule is O=C1CN(C(=O)Nc2cccc(I)c2)C(C(=O)O)CN1. The molecular weight excluding hydrogens is 377 g/mol. The molecule has 3 N–H and O–H groups in total. The number of urea groups is 1. The Morgan fingerprint density at radius 3 is 2.85 bits per heavy atom. The number of carboxylic acid groups (broad SMARTS) is 1. The minimum Gasteiger partial charge on any atom is -0.480 e. The number of benzene rings is 1. The number of amides is 3. The van der Waals surface area contributed by atoms with E-state index in [1.54, 1.807) is 18.2 Å². The second-order valence-corrected chi connectivity index (χ2v) is 5.47. The van der Waals surface area contributed by atoms with Crippen LogP contribution in [0.25, 0.3) is 0 Å². The lowest BCUT2D eigenvalue weighted by Crippen LogP contribution is -2.60. The molecule has 0 saturated carbocycles. The molecule has 0 aromatic heterocycles. The van der Waals surface area contributed by atoms with Crippen LogP contribution in [0.2, 0.25) is 0 Å². The Morgan fingerprint density at radius 2 is 2.20 bits per heavy atom. The summed E-state index contributed by atoms with van der Waals surface area (Å²) in [5.41, 5.74) is 0.553. The Kier molecular flexibility index (Phi) is 4.42. The Morgan fingerprint density at radius 1 is 1.45 bits per heavy atom. The molecular formula is C12H12IN3O4. The van der Waals surface area contributed by atoms with E-state index in [9.17, 15) is 14.4 Å². The lowest BCUT2D eigenvalue weighted by molar-refractivity contribution is -0.144. The van der Waals surface area contributed by atoms with Gasteiger partial charge in [-0.25, -0.2) is 9.59 Å². The molecule has 7 nitrogen and oxygen atoms in total. The third-order valence-electron chi connectivity index (χ3n) is 2.80. The van der Waals surface area contributed by atoms with Crippen molar-refractivity contribution in [1.29, 1.82) is 0 Å². The highest BCUT2D eigenvalue weighted by Crippen LogP contribution is 2.14. The van der Waals surface area contributed by atoms with E-state index in [1.807, 2.05) is 6.07 Å². The van der Waals surface area contributed by atoms with Gasteiger partial charge in [0.25, 0.3) is 0 Å². The predicted molar refractivity (Wildman–Crippen MR) is 79.3 cm³/mol. The van der Waals surface area contributed by atoms with E-state index in [-0.39, 0.29) is 19.0 Å². The van der Waals surface area contributed by atoms with Gasteiger partial charge in [-0.05, 0) is 40.8 Å². The number of carbonyl (C=O) groups excluding carboxylic acids is 2. The van der Waals surface area contributed by atoms with E-state index in [0.717, 1.165) is 8.47 Å². The molecule has 1 aliphatic rings. The summed E-state index contributed by atoms with van der Waals surface area (Å²) in [7, 11) is 0. The van der Waals surface area contributed by atoms with Gasteiger partial charge in [0.1, 0.15) is 12.6 Å². The number of carbonyl (C=O) groups is 3. The summed E-state index contributed by atoms with van der Waals surface area (Å²) in [6, 6.07) is 5.42. The number of halogens is 1. The van der Waals surface area contributed by atoms with Gasteiger partial charge in [-0.1, -0.05) is 6.07 Å². The van der Waals surface area contributed by atoms with E-state index in [4.69, 9.17) is 5.11 Å². The van der Waals surface area contributed by atoms with Crippen LogP contribution in [-0.4, -0.2) is 47.0 Å². The molecule has 20 heavy (non-hydrogen) atoms. The third kappa shape index (κ3) is 3.38. The molecule has 0 spiro atoms. The molecule has 0 aliphatic carbocycles. The standard InChI is InChI=1S/C12H12IN3O4/c13-7-2-1-3-8(4-7)15-12(20)16-6-10(17)14-5-9(16)11(18)19/h1-4,9H,5-6H2,(H,14,17)(H,15,20)(H,18,19). The van der Waals surface area contributed by atoms with Gasteiger partial charge in [-0.2, -0.15) is 0 Å². The van der Waals surface area contributed by atoms with Crippen molar-refractivity contribution in [2.24, 2.45) is 0 Å². The third-order valence-corrected chi connectivity index (χ3v) is 3.48. The minimum absolute atomic E-state index is 0.0894. The van der Waals surface area contributed by atoms with Crippen molar-refractivity contribution in [1.82, 2.24) is 10.2 Å². The smallest absolute Gasteiger partial charge is 0.328 e. The van der Waals surface area contributed by atoms with Crippen LogP contribution in [0.1, 0.15) is 0 Å². The van der Waals surface area contributed by atoms with Crippen LogP contribution in [0, 0.1) is 3.57 Å². The number of hydrogen-bond acceptors (Lipinski definition) is 3. The van der Waals surface area contributed by atoms with Gasteiger partial charge >= 0.3 is 12.0 Å². The number of nitrogens with one attached hydrogen (secondary N) is 2. The summed E-state index contributed by atoms with van der Waals surface area (Å²) in [6.07, 6.45) is 0. The van der Waals surface area contributed by atoms with Gasteiger partial charge in [0.2, 0.25) is 5.91 Å². The monoisotopic (exact) mass is 389 g/mol. The van der Waals surface area contributed by atoms with Gasteiger partial charge < -0.3 is 15.7 Å². The lowest BCUT2D eigenvalue weighted by atomic mass is 10.2. The van der Waals surface area contributed by atoms with Gasteiger partial charge in [0.15, 0.2) is 0 Å². The topological polar surface area (TPSA) is 98.7 Å². The number of piperazine rings is 1. The van der Waals surface area contributed by atoms with Crippen molar-refractivity contribution in [2.75, 3.05) is 18.4 Å². The fraction of sp³-hybridized carbons (Fsp3) is 0.250. The number of carboxylic acids is 1. The average Bonchev–Trinajstić information content (AvgIpc) is 2.38. The minimum atomic E-state index is -1.15. The highest BCUT2D eigenvalue weighted by Gasteiger charge is 2.35. The molecule has 2 rings (SSSR count). The first-order chi connectivity index (χ1) is 9.47. The van der Waals surface area contributed by atoms with Gasteiger partial charge in [-0.15, -0.1) is 0 Å². The summed E-state index contributed by atoms with van der Waals surface area (Å²) in [4.78, 5) is 35.6. The molecule has 1 aliphatic heterocycles. The molecule has 1 saturated heterocycles. The molecule has 3 amide bonds. The van der Waals surface area contributed by atoms with Gasteiger partial charge in [0, 0.05) is 15.8 Å². The fourth-order valence-electron chi connectivity index (χ4n) is 1.84. The fourth-order valence-corrected chi connectivity index (χ4v) is 2.38. The van der Waals surface area contributed by atoms with Crippen molar-refractivity contribution >= 4 is 46.2 Å². The molecule has 1 unspecified atom stereocenters. The second-order valence-electron chi connectivity index (χ2n) is 4.23. The summed E-state index contributed by atoms with van der Waals surface area (Å²) >= 11 is 2.10.